The molecule has 0 heterocycles. The molecule has 5 heteroatoms. The van der Waals surface area contributed by atoms with Gasteiger partial charge in [-0.3, -0.25) is 4.79 Å². The molecule has 0 bridgehead atoms. The van der Waals surface area contributed by atoms with Gasteiger partial charge >= 0.3 is 0 Å². The van der Waals surface area contributed by atoms with Crippen LogP contribution in [0.2, 0.25) is 5.02 Å². The number of amides is 1. The number of methoxy groups -OCH3 is 1. The van der Waals surface area contributed by atoms with E-state index in [0.29, 0.717) is 24.5 Å². The predicted octanol–water partition coefficient (Wildman–Crippen LogP) is 4.69. The number of nitrogens with one attached hydrogen (secondary N) is 1. The third-order valence-electron chi connectivity index (χ3n) is 3.93. The number of carbonyl (C=O) groups excluding carboxylic acids is 1. The molecular weight excluding hydrogens is 338 g/mol. The van der Waals surface area contributed by atoms with Crippen LogP contribution >= 0.6 is 11.6 Å². The summed E-state index contributed by atoms with van der Waals surface area (Å²) in [5.74, 6) is 1.57. The van der Waals surface area contributed by atoms with Crippen molar-refractivity contribution in [2.24, 2.45) is 0 Å². The van der Waals surface area contributed by atoms with Crippen molar-refractivity contribution in [2.75, 3.05) is 13.7 Å². The molecule has 0 aromatic heterocycles. The molecule has 0 aliphatic carbocycles. The molecule has 0 radical (unpaired) electrons. The number of hydrogen-bond acceptors (Lipinski definition) is 3. The van der Waals surface area contributed by atoms with E-state index in [1.54, 1.807) is 13.2 Å². The van der Waals surface area contributed by atoms with Gasteiger partial charge in [0.25, 0.3) is 0 Å². The predicted molar refractivity (Wildman–Crippen MR) is 100 cm³/mol. The van der Waals surface area contributed by atoms with Crippen LogP contribution in [0.25, 0.3) is 0 Å². The molecule has 0 saturated carbocycles. The molecule has 25 heavy (non-hydrogen) atoms. The molecule has 134 valence electrons. The van der Waals surface area contributed by atoms with Crippen LogP contribution in [-0.4, -0.2) is 19.6 Å². The van der Waals surface area contributed by atoms with E-state index < -0.39 is 0 Å². The molecule has 0 aliphatic rings. The van der Waals surface area contributed by atoms with E-state index in [4.69, 9.17) is 21.1 Å². The average Bonchev–Trinajstić information content (AvgIpc) is 2.60. The third kappa shape index (κ3) is 5.68. The highest BCUT2D eigenvalue weighted by atomic mass is 35.5. The normalized spacial score (nSPS) is 11.7. The highest BCUT2D eigenvalue weighted by Crippen LogP contribution is 2.24. The van der Waals surface area contributed by atoms with Crippen LogP contribution in [-0.2, 0) is 4.79 Å². The first-order valence-electron chi connectivity index (χ1n) is 8.32. The minimum Gasteiger partial charge on any atom is -0.496 e. The number of benzene rings is 2. The lowest BCUT2D eigenvalue weighted by Gasteiger charge is -2.17. The smallest absolute Gasteiger partial charge is 0.220 e. The summed E-state index contributed by atoms with van der Waals surface area (Å²) in [6.45, 7) is 4.38. The first-order valence-corrected chi connectivity index (χ1v) is 8.70. The van der Waals surface area contributed by atoms with Crippen molar-refractivity contribution in [1.82, 2.24) is 5.32 Å². The molecule has 1 amide bonds. The summed E-state index contributed by atoms with van der Waals surface area (Å²) in [6, 6.07) is 13.1. The van der Waals surface area contributed by atoms with Gasteiger partial charge in [-0.15, -0.1) is 0 Å². The van der Waals surface area contributed by atoms with Crippen LogP contribution < -0.4 is 14.8 Å². The highest BCUT2D eigenvalue weighted by Gasteiger charge is 2.13. The number of carbonyl (C=O) groups is 1. The van der Waals surface area contributed by atoms with E-state index in [-0.39, 0.29) is 11.9 Å². The van der Waals surface area contributed by atoms with Crippen LogP contribution in [0.15, 0.2) is 42.5 Å². The zero-order chi connectivity index (χ0) is 18.2. The van der Waals surface area contributed by atoms with E-state index in [2.05, 4.69) is 5.32 Å². The molecule has 0 saturated heterocycles. The summed E-state index contributed by atoms with van der Waals surface area (Å²) in [7, 11) is 1.63. The van der Waals surface area contributed by atoms with E-state index in [0.717, 1.165) is 22.6 Å². The molecule has 1 atom stereocenters. The standard InChI is InChI=1S/C20H24ClNO3/c1-14-13-16(21)10-11-18(14)25-12-6-9-20(23)22-15(2)17-7-4-5-8-19(17)24-3/h4-5,7-8,10-11,13,15H,6,9,12H2,1-3H3,(H,22,23)/t15-/m0/s1. The maximum atomic E-state index is 12.1. The van der Waals surface area contributed by atoms with Crippen molar-refractivity contribution in [3.8, 4) is 11.5 Å². The monoisotopic (exact) mass is 361 g/mol. The van der Waals surface area contributed by atoms with Gasteiger partial charge < -0.3 is 14.8 Å². The zero-order valence-electron chi connectivity index (χ0n) is 14.8. The average molecular weight is 362 g/mol. The number of hydrogen-bond donors (Lipinski definition) is 1. The van der Waals surface area contributed by atoms with Crippen molar-refractivity contribution >= 4 is 17.5 Å². The maximum absolute atomic E-state index is 12.1. The van der Waals surface area contributed by atoms with Crippen LogP contribution in [0, 0.1) is 6.92 Å². The molecule has 2 rings (SSSR count). The zero-order valence-corrected chi connectivity index (χ0v) is 15.6. The molecule has 0 fully saturated rings. The van der Waals surface area contributed by atoms with Gasteiger partial charge in [0, 0.05) is 17.0 Å². The lowest BCUT2D eigenvalue weighted by molar-refractivity contribution is -0.121. The molecule has 0 aliphatic heterocycles. The Hall–Kier alpha value is -2.20. The topological polar surface area (TPSA) is 47.6 Å². The molecule has 2 aromatic rings. The Morgan fingerprint density at radius 2 is 1.96 bits per heavy atom. The van der Waals surface area contributed by atoms with Crippen molar-refractivity contribution in [2.45, 2.75) is 32.7 Å². The number of rotatable bonds is 8. The number of para-hydroxylation sites is 1. The Morgan fingerprint density at radius 1 is 1.20 bits per heavy atom. The van der Waals surface area contributed by atoms with Gasteiger partial charge in [0.05, 0.1) is 19.8 Å². The summed E-state index contributed by atoms with van der Waals surface area (Å²) in [4.78, 5) is 12.1. The maximum Gasteiger partial charge on any atom is 0.220 e. The van der Waals surface area contributed by atoms with Crippen LogP contribution in [0.1, 0.15) is 36.9 Å². The fourth-order valence-corrected chi connectivity index (χ4v) is 2.83. The Labute approximate surface area is 154 Å². The Kier molecular flexibility index (Phi) is 7.14. The van der Waals surface area contributed by atoms with Gasteiger partial charge in [-0.2, -0.15) is 0 Å². The third-order valence-corrected chi connectivity index (χ3v) is 4.16. The highest BCUT2D eigenvalue weighted by molar-refractivity contribution is 6.30. The second-order valence-electron chi connectivity index (χ2n) is 5.89. The molecule has 2 aromatic carbocycles. The SMILES string of the molecule is COc1ccccc1[C@H](C)NC(=O)CCCOc1ccc(Cl)cc1C. The van der Waals surface area contributed by atoms with Crippen LogP contribution in [0.5, 0.6) is 11.5 Å². The Bertz CT molecular complexity index is 718. The molecule has 4 nitrogen and oxygen atoms in total. The quantitative estimate of drug-likeness (QED) is 0.693. The molecule has 1 N–H and O–H groups in total. The number of halogens is 1. The van der Waals surface area contributed by atoms with Gasteiger partial charge in [-0.1, -0.05) is 29.8 Å². The second kappa shape index (κ2) is 9.33. The van der Waals surface area contributed by atoms with E-state index in [9.17, 15) is 4.79 Å². The first-order chi connectivity index (χ1) is 12.0. The second-order valence-corrected chi connectivity index (χ2v) is 6.33. The van der Waals surface area contributed by atoms with E-state index >= 15 is 0 Å². The lowest BCUT2D eigenvalue weighted by Crippen LogP contribution is -2.27. The Balaban J connectivity index is 1.77. The van der Waals surface area contributed by atoms with Crippen molar-refractivity contribution in [3.63, 3.8) is 0 Å². The minimum atomic E-state index is -0.108. The summed E-state index contributed by atoms with van der Waals surface area (Å²) >= 11 is 5.92. The van der Waals surface area contributed by atoms with Crippen molar-refractivity contribution < 1.29 is 14.3 Å². The van der Waals surface area contributed by atoms with Gasteiger partial charge in [0.1, 0.15) is 11.5 Å². The summed E-state index contributed by atoms with van der Waals surface area (Å²) in [6.07, 6.45) is 1.05. The molecule has 0 unspecified atom stereocenters. The van der Waals surface area contributed by atoms with Gasteiger partial charge in [0.2, 0.25) is 5.91 Å². The summed E-state index contributed by atoms with van der Waals surface area (Å²) < 4.78 is 11.0. The van der Waals surface area contributed by atoms with Gasteiger partial charge in [-0.25, -0.2) is 0 Å². The van der Waals surface area contributed by atoms with Crippen LogP contribution in [0.3, 0.4) is 0 Å². The Morgan fingerprint density at radius 3 is 2.68 bits per heavy atom. The van der Waals surface area contributed by atoms with Gasteiger partial charge in [0.15, 0.2) is 0 Å². The summed E-state index contributed by atoms with van der Waals surface area (Å²) in [5, 5.41) is 3.69. The van der Waals surface area contributed by atoms with Crippen molar-refractivity contribution in [3.05, 3.63) is 58.6 Å². The largest absolute Gasteiger partial charge is 0.496 e. The molecule has 0 spiro atoms. The molecular formula is C20H24ClNO3. The van der Waals surface area contributed by atoms with E-state index in [1.165, 1.54) is 0 Å². The van der Waals surface area contributed by atoms with Crippen LogP contribution in [0.4, 0.5) is 0 Å². The number of aryl methyl sites for hydroxylation is 1. The minimum absolute atomic E-state index is 0.00478. The lowest BCUT2D eigenvalue weighted by atomic mass is 10.1. The fourth-order valence-electron chi connectivity index (χ4n) is 2.61. The van der Waals surface area contributed by atoms with Gasteiger partial charge in [-0.05, 0) is 50.1 Å². The van der Waals surface area contributed by atoms with E-state index in [1.807, 2.05) is 50.2 Å². The fraction of sp³-hybridized carbons (Fsp3) is 0.350. The first kappa shape index (κ1) is 19.1. The number of ether oxygens (including phenoxy) is 2. The summed E-state index contributed by atoms with van der Waals surface area (Å²) in [5.41, 5.74) is 1.95. The van der Waals surface area contributed by atoms with Crippen molar-refractivity contribution in [1.29, 1.82) is 0 Å².